The molecule has 1 aromatic rings. The molecule has 0 atom stereocenters. The van der Waals surface area contributed by atoms with Crippen molar-refractivity contribution in [2.75, 3.05) is 19.0 Å². The highest BCUT2D eigenvalue weighted by Crippen LogP contribution is 2.30. The minimum absolute atomic E-state index is 0.0200. The highest BCUT2D eigenvalue weighted by molar-refractivity contribution is 14.1. The zero-order valence-electron chi connectivity index (χ0n) is 9.60. The summed E-state index contributed by atoms with van der Waals surface area (Å²) in [6.45, 7) is 6.35. The molecule has 0 aliphatic heterocycles. The molecule has 0 radical (unpaired) electrons. The summed E-state index contributed by atoms with van der Waals surface area (Å²) in [5, 5.41) is 0.527. The molecule has 0 bridgehead atoms. The van der Waals surface area contributed by atoms with Crippen LogP contribution in [0.2, 0.25) is 5.15 Å². The van der Waals surface area contributed by atoms with Gasteiger partial charge >= 0.3 is 0 Å². The van der Waals surface area contributed by atoms with Crippen LogP contribution in [0.3, 0.4) is 0 Å². The van der Waals surface area contributed by atoms with Crippen molar-refractivity contribution in [3.05, 3.63) is 14.4 Å². The minimum Gasteiger partial charge on any atom is -0.347 e. The normalized spacial score (nSPS) is 11.7. The summed E-state index contributed by atoms with van der Waals surface area (Å²) < 4.78 is 0.937. The maximum Gasteiger partial charge on any atom is 0.226 e. The van der Waals surface area contributed by atoms with Crippen molar-refractivity contribution in [2.24, 2.45) is 0 Å². The SMILES string of the molecule is CN(C)c1nc(Cl)c(I)c(C(C)(C)C)n1. The Morgan fingerprint density at radius 2 is 1.73 bits per heavy atom. The van der Waals surface area contributed by atoms with E-state index in [-0.39, 0.29) is 5.41 Å². The Morgan fingerprint density at radius 3 is 2.13 bits per heavy atom. The van der Waals surface area contributed by atoms with Gasteiger partial charge in [-0.3, -0.25) is 0 Å². The maximum atomic E-state index is 6.08. The molecule has 5 heteroatoms. The van der Waals surface area contributed by atoms with E-state index < -0.39 is 0 Å². The van der Waals surface area contributed by atoms with E-state index in [9.17, 15) is 0 Å². The summed E-state index contributed by atoms with van der Waals surface area (Å²) in [5.41, 5.74) is 0.972. The van der Waals surface area contributed by atoms with Gasteiger partial charge in [0.15, 0.2) is 0 Å². The van der Waals surface area contributed by atoms with Crippen molar-refractivity contribution in [1.82, 2.24) is 9.97 Å². The molecule has 0 unspecified atom stereocenters. The van der Waals surface area contributed by atoms with Crippen LogP contribution in [0.15, 0.2) is 0 Å². The molecule has 1 rings (SSSR count). The van der Waals surface area contributed by atoms with Crippen LogP contribution in [0.5, 0.6) is 0 Å². The number of rotatable bonds is 1. The molecule has 0 spiro atoms. The first-order chi connectivity index (χ1) is 6.73. The van der Waals surface area contributed by atoms with Crippen LogP contribution in [0.4, 0.5) is 5.95 Å². The molecule has 1 heterocycles. The standard InChI is InChI=1S/C10H15ClIN3/c1-10(2,3)7-6(12)8(11)14-9(13-7)15(4)5/h1-5H3. The molecule has 0 aliphatic rings. The second-order valence-electron chi connectivity index (χ2n) is 4.62. The highest BCUT2D eigenvalue weighted by Gasteiger charge is 2.22. The van der Waals surface area contributed by atoms with Crippen molar-refractivity contribution in [1.29, 1.82) is 0 Å². The van der Waals surface area contributed by atoms with Crippen LogP contribution < -0.4 is 4.90 Å². The molecule has 0 fully saturated rings. The van der Waals surface area contributed by atoms with Crippen molar-refractivity contribution in [3.8, 4) is 0 Å². The lowest BCUT2D eigenvalue weighted by atomic mass is 9.92. The summed E-state index contributed by atoms with van der Waals surface area (Å²) in [6.07, 6.45) is 0. The van der Waals surface area contributed by atoms with Gasteiger partial charge in [-0.05, 0) is 22.6 Å². The van der Waals surface area contributed by atoms with Gasteiger partial charge in [0.2, 0.25) is 5.95 Å². The van der Waals surface area contributed by atoms with E-state index >= 15 is 0 Å². The maximum absolute atomic E-state index is 6.08. The third kappa shape index (κ3) is 2.93. The number of hydrogen-bond acceptors (Lipinski definition) is 3. The van der Waals surface area contributed by atoms with Gasteiger partial charge in [0, 0.05) is 19.5 Å². The first-order valence-electron chi connectivity index (χ1n) is 4.64. The molecule has 1 aromatic heterocycles. The molecule has 0 N–H and O–H groups in total. The van der Waals surface area contributed by atoms with Gasteiger partial charge in [0.05, 0.1) is 9.26 Å². The molecule has 84 valence electrons. The third-order valence-corrected chi connectivity index (χ3v) is 3.52. The molecular weight excluding hydrogens is 324 g/mol. The monoisotopic (exact) mass is 339 g/mol. The third-order valence-electron chi connectivity index (χ3n) is 1.91. The zero-order valence-corrected chi connectivity index (χ0v) is 12.5. The van der Waals surface area contributed by atoms with Gasteiger partial charge < -0.3 is 4.90 Å². The molecule has 0 saturated carbocycles. The van der Waals surface area contributed by atoms with Gasteiger partial charge in [-0.2, -0.15) is 4.98 Å². The van der Waals surface area contributed by atoms with Crippen LogP contribution >= 0.6 is 34.2 Å². The number of halogens is 2. The quantitative estimate of drug-likeness (QED) is 0.581. The van der Waals surface area contributed by atoms with E-state index in [1.807, 2.05) is 19.0 Å². The van der Waals surface area contributed by atoms with Crippen LogP contribution in [0.1, 0.15) is 26.5 Å². The Bertz CT molecular complexity index is 372. The molecule has 3 nitrogen and oxygen atoms in total. The van der Waals surface area contributed by atoms with Gasteiger partial charge in [-0.25, -0.2) is 4.98 Å². The number of aromatic nitrogens is 2. The van der Waals surface area contributed by atoms with E-state index in [1.165, 1.54) is 0 Å². The van der Waals surface area contributed by atoms with Crippen molar-refractivity contribution >= 4 is 40.1 Å². The Morgan fingerprint density at radius 1 is 1.20 bits per heavy atom. The highest BCUT2D eigenvalue weighted by atomic mass is 127. The summed E-state index contributed by atoms with van der Waals surface area (Å²) in [6, 6.07) is 0. The molecule has 0 aromatic carbocycles. The van der Waals surface area contributed by atoms with Gasteiger partial charge in [0.1, 0.15) is 5.15 Å². The Hall–Kier alpha value is -0.100. The Balaban J connectivity index is 3.38. The lowest BCUT2D eigenvalue weighted by Crippen LogP contribution is -2.21. The van der Waals surface area contributed by atoms with Crippen LogP contribution in [0.25, 0.3) is 0 Å². The van der Waals surface area contributed by atoms with Gasteiger partial charge in [-0.15, -0.1) is 0 Å². The second-order valence-corrected chi connectivity index (χ2v) is 6.06. The summed E-state index contributed by atoms with van der Waals surface area (Å²) in [7, 11) is 3.82. The predicted molar refractivity (Wildman–Crippen MR) is 72.8 cm³/mol. The molecule has 0 aliphatic carbocycles. The number of nitrogens with zero attached hydrogens (tertiary/aromatic N) is 3. The van der Waals surface area contributed by atoms with Crippen LogP contribution in [0, 0.1) is 3.57 Å². The topological polar surface area (TPSA) is 29.0 Å². The minimum atomic E-state index is -0.0200. The van der Waals surface area contributed by atoms with Gasteiger partial charge in [0.25, 0.3) is 0 Å². The average Bonchev–Trinajstić information content (AvgIpc) is 2.06. The Kier molecular flexibility index (Phi) is 3.81. The van der Waals surface area contributed by atoms with Crippen molar-refractivity contribution in [3.63, 3.8) is 0 Å². The lowest BCUT2D eigenvalue weighted by Gasteiger charge is -2.22. The lowest BCUT2D eigenvalue weighted by molar-refractivity contribution is 0.562. The first-order valence-corrected chi connectivity index (χ1v) is 6.10. The fourth-order valence-corrected chi connectivity index (χ4v) is 2.32. The summed E-state index contributed by atoms with van der Waals surface area (Å²) in [5.74, 6) is 0.658. The van der Waals surface area contributed by atoms with E-state index in [2.05, 4.69) is 53.3 Å². The number of hydrogen-bond donors (Lipinski definition) is 0. The molecular formula is C10H15ClIN3. The molecule has 15 heavy (non-hydrogen) atoms. The Labute approximate surface area is 109 Å². The first kappa shape index (κ1) is 13.0. The summed E-state index contributed by atoms with van der Waals surface area (Å²) in [4.78, 5) is 10.6. The molecule has 0 saturated heterocycles. The smallest absolute Gasteiger partial charge is 0.226 e. The predicted octanol–water partition coefficient (Wildman–Crippen LogP) is 3.10. The van der Waals surface area contributed by atoms with Crippen LogP contribution in [-0.4, -0.2) is 24.1 Å². The van der Waals surface area contributed by atoms with E-state index in [0.717, 1.165) is 9.26 Å². The summed E-state index contributed by atoms with van der Waals surface area (Å²) >= 11 is 8.28. The second kappa shape index (κ2) is 4.41. The number of anilines is 1. The van der Waals surface area contributed by atoms with E-state index in [1.54, 1.807) is 0 Å². The van der Waals surface area contributed by atoms with Crippen molar-refractivity contribution in [2.45, 2.75) is 26.2 Å². The average molecular weight is 340 g/mol. The van der Waals surface area contributed by atoms with Gasteiger partial charge in [-0.1, -0.05) is 32.4 Å². The van der Waals surface area contributed by atoms with E-state index in [0.29, 0.717) is 11.1 Å². The van der Waals surface area contributed by atoms with Crippen LogP contribution in [-0.2, 0) is 5.41 Å². The molecule has 0 amide bonds. The largest absolute Gasteiger partial charge is 0.347 e. The van der Waals surface area contributed by atoms with Crippen molar-refractivity contribution < 1.29 is 0 Å². The fourth-order valence-electron chi connectivity index (χ4n) is 1.11. The van der Waals surface area contributed by atoms with E-state index in [4.69, 9.17) is 11.6 Å². The zero-order chi connectivity index (χ0) is 11.8. The fraction of sp³-hybridized carbons (Fsp3) is 0.600.